The highest BCUT2D eigenvalue weighted by Crippen LogP contribution is 2.16. The predicted octanol–water partition coefficient (Wildman–Crippen LogP) is 2.12. The number of hydrogen-bond donors (Lipinski definition) is 1. The van der Waals surface area contributed by atoms with Crippen LogP contribution in [-0.4, -0.2) is 29.9 Å². The minimum absolute atomic E-state index is 0.0488. The summed E-state index contributed by atoms with van der Waals surface area (Å²) in [5.41, 5.74) is 3.65. The molecule has 3 heteroatoms. The Morgan fingerprint density at radius 2 is 2.12 bits per heavy atom. The largest absolute Gasteiger partial charge is 0.306 e. The van der Waals surface area contributed by atoms with Crippen molar-refractivity contribution >= 4 is 17.5 Å². The Bertz CT molecular complexity index is 390. The number of thioether (sulfide) groups is 1. The van der Waals surface area contributed by atoms with E-state index in [1.54, 1.807) is 0 Å². The number of aryl methyl sites for hydroxylation is 2. The Morgan fingerprint density at radius 3 is 2.71 bits per heavy atom. The lowest BCUT2D eigenvalue weighted by molar-refractivity contribution is -0.119. The maximum absolute atomic E-state index is 12.2. The van der Waals surface area contributed by atoms with Gasteiger partial charge >= 0.3 is 0 Å². The molecule has 1 aromatic rings. The van der Waals surface area contributed by atoms with Crippen LogP contribution in [0, 0.1) is 13.8 Å². The zero-order valence-corrected chi connectivity index (χ0v) is 11.3. The normalized spacial score (nSPS) is 20.2. The molecule has 0 radical (unpaired) electrons. The Labute approximate surface area is 107 Å². The van der Waals surface area contributed by atoms with E-state index >= 15 is 0 Å². The summed E-state index contributed by atoms with van der Waals surface area (Å²) in [6, 6.07) is 6.26. The molecule has 2 rings (SSSR count). The number of carbonyl (C=O) groups is 1. The summed E-state index contributed by atoms with van der Waals surface area (Å²) in [5.74, 6) is 2.37. The highest BCUT2D eigenvalue weighted by atomic mass is 32.2. The van der Waals surface area contributed by atoms with Crippen LogP contribution in [0.2, 0.25) is 0 Å². The third kappa shape index (κ3) is 3.11. The molecule has 1 aromatic carbocycles. The van der Waals surface area contributed by atoms with E-state index in [2.05, 4.69) is 31.3 Å². The first-order valence-electron chi connectivity index (χ1n) is 6.07. The van der Waals surface area contributed by atoms with Crippen LogP contribution in [-0.2, 0) is 11.2 Å². The van der Waals surface area contributed by atoms with Gasteiger partial charge in [-0.3, -0.25) is 4.79 Å². The van der Waals surface area contributed by atoms with Crippen molar-refractivity contribution in [2.75, 3.05) is 18.1 Å². The van der Waals surface area contributed by atoms with Crippen LogP contribution in [0.1, 0.15) is 16.7 Å². The number of nitrogens with one attached hydrogen (secondary N) is 1. The number of rotatable bonds is 3. The van der Waals surface area contributed by atoms with Crippen LogP contribution >= 0.6 is 11.8 Å². The highest BCUT2D eigenvalue weighted by Gasteiger charge is 2.21. The van der Waals surface area contributed by atoms with Gasteiger partial charge in [0.2, 0.25) is 0 Å². The number of Topliss-reactive ketones (excluding diaryl/α,β-unsaturated/α-hetero) is 1. The van der Waals surface area contributed by atoms with E-state index in [9.17, 15) is 4.79 Å². The number of ketones is 1. The molecule has 0 amide bonds. The first-order valence-corrected chi connectivity index (χ1v) is 7.23. The molecule has 1 fully saturated rings. The molecule has 1 N–H and O–H groups in total. The van der Waals surface area contributed by atoms with Gasteiger partial charge in [0, 0.05) is 24.5 Å². The fraction of sp³-hybridized carbons (Fsp3) is 0.500. The summed E-state index contributed by atoms with van der Waals surface area (Å²) in [5, 5.41) is 3.31. The fourth-order valence-corrected chi connectivity index (χ4v) is 3.17. The Hall–Kier alpha value is -0.800. The monoisotopic (exact) mass is 249 g/mol. The van der Waals surface area contributed by atoms with Gasteiger partial charge in [0.1, 0.15) is 0 Å². The van der Waals surface area contributed by atoms with Gasteiger partial charge in [0.25, 0.3) is 0 Å². The molecule has 17 heavy (non-hydrogen) atoms. The molecular weight excluding hydrogens is 230 g/mol. The molecule has 1 aliphatic heterocycles. The quantitative estimate of drug-likeness (QED) is 0.889. The topological polar surface area (TPSA) is 29.1 Å². The van der Waals surface area contributed by atoms with E-state index in [0.717, 1.165) is 18.1 Å². The Morgan fingerprint density at radius 1 is 1.41 bits per heavy atom. The molecule has 0 spiro atoms. The van der Waals surface area contributed by atoms with Crippen LogP contribution in [0.4, 0.5) is 0 Å². The van der Waals surface area contributed by atoms with E-state index < -0.39 is 0 Å². The molecule has 0 aromatic heterocycles. The first-order chi connectivity index (χ1) is 8.18. The van der Waals surface area contributed by atoms with Crippen molar-refractivity contribution < 1.29 is 4.79 Å². The van der Waals surface area contributed by atoms with Crippen LogP contribution in [0.25, 0.3) is 0 Å². The van der Waals surface area contributed by atoms with E-state index in [4.69, 9.17) is 0 Å². The Balaban J connectivity index is 2.07. The smallest absolute Gasteiger partial charge is 0.154 e. The summed E-state index contributed by atoms with van der Waals surface area (Å²) >= 11 is 1.87. The molecule has 1 heterocycles. The van der Waals surface area contributed by atoms with Crippen LogP contribution in [0.3, 0.4) is 0 Å². The Kier molecular flexibility index (Phi) is 4.24. The van der Waals surface area contributed by atoms with Crippen molar-refractivity contribution in [2.45, 2.75) is 26.3 Å². The van der Waals surface area contributed by atoms with Gasteiger partial charge in [-0.25, -0.2) is 0 Å². The molecule has 1 saturated heterocycles. The van der Waals surface area contributed by atoms with Crippen molar-refractivity contribution in [2.24, 2.45) is 0 Å². The molecule has 92 valence electrons. The molecule has 0 bridgehead atoms. The van der Waals surface area contributed by atoms with Crippen molar-refractivity contribution in [1.82, 2.24) is 5.32 Å². The molecule has 1 atom stereocenters. The SMILES string of the molecule is Cc1cccc(C)c1CC(=O)C1CSCCN1. The van der Waals surface area contributed by atoms with Gasteiger partial charge in [-0.2, -0.15) is 11.8 Å². The minimum Gasteiger partial charge on any atom is -0.306 e. The van der Waals surface area contributed by atoms with Gasteiger partial charge in [-0.15, -0.1) is 0 Å². The second-order valence-electron chi connectivity index (χ2n) is 4.60. The van der Waals surface area contributed by atoms with Gasteiger partial charge in [-0.05, 0) is 30.5 Å². The van der Waals surface area contributed by atoms with Crippen LogP contribution in [0.5, 0.6) is 0 Å². The van der Waals surface area contributed by atoms with Crippen molar-refractivity contribution in [3.8, 4) is 0 Å². The fourth-order valence-electron chi connectivity index (χ4n) is 2.20. The average molecular weight is 249 g/mol. The minimum atomic E-state index is 0.0488. The third-order valence-corrected chi connectivity index (χ3v) is 4.37. The maximum atomic E-state index is 12.2. The van der Waals surface area contributed by atoms with Crippen LogP contribution < -0.4 is 5.32 Å². The molecule has 2 nitrogen and oxygen atoms in total. The van der Waals surface area contributed by atoms with Crippen LogP contribution in [0.15, 0.2) is 18.2 Å². The molecular formula is C14H19NOS. The molecule has 1 unspecified atom stereocenters. The second kappa shape index (κ2) is 5.69. The number of carbonyl (C=O) groups excluding carboxylic acids is 1. The van der Waals surface area contributed by atoms with E-state index in [0.29, 0.717) is 12.2 Å². The summed E-state index contributed by atoms with van der Waals surface area (Å²) in [4.78, 5) is 12.2. The second-order valence-corrected chi connectivity index (χ2v) is 5.74. The lowest BCUT2D eigenvalue weighted by Gasteiger charge is -2.22. The van der Waals surface area contributed by atoms with Gasteiger partial charge < -0.3 is 5.32 Å². The van der Waals surface area contributed by atoms with Crippen molar-refractivity contribution in [3.05, 3.63) is 34.9 Å². The summed E-state index contributed by atoms with van der Waals surface area (Å²) in [6.45, 7) is 5.12. The van der Waals surface area contributed by atoms with Gasteiger partial charge in [-0.1, -0.05) is 18.2 Å². The lowest BCUT2D eigenvalue weighted by Crippen LogP contribution is -2.44. The van der Waals surface area contributed by atoms with E-state index in [1.165, 1.54) is 16.7 Å². The maximum Gasteiger partial charge on any atom is 0.154 e. The van der Waals surface area contributed by atoms with Crippen molar-refractivity contribution in [1.29, 1.82) is 0 Å². The zero-order valence-electron chi connectivity index (χ0n) is 10.5. The summed E-state index contributed by atoms with van der Waals surface area (Å²) in [7, 11) is 0. The van der Waals surface area contributed by atoms with Crippen molar-refractivity contribution in [3.63, 3.8) is 0 Å². The zero-order chi connectivity index (χ0) is 12.3. The lowest BCUT2D eigenvalue weighted by atomic mass is 9.96. The number of benzene rings is 1. The summed E-state index contributed by atoms with van der Waals surface area (Å²) < 4.78 is 0. The first kappa shape index (κ1) is 12.7. The molecule has 1 aliphatic rings. The highest BCUT2D eigenvalue weighted by molar-refractivity contribution is 7.99. The summed E-state index contributed by atoms with van der Waals surface area (Å²) in [6.07, 6.45) is 0.566. The predicted molar refractivity (Wildman–Crippen MR) is 73.7 cm³/mol. The van der Waals surface area contributed by atoms with Gasteiger partial charge in [0.05, 0.1) is 6.04 Å². The van der Waals surface area contributed by atoms with E-state index in [-0.39, 0.29) is 6.04 Å². The average Bonchev–Trinajstić information content (AvgIpc) is 2.35. The molecule has 0 saturated carbocycles. The third-order valence-electron chi connectivity index (χ3n) is 3.31. The van der Waals surface area contributed by atoms with E-state index in [1.807, 2.05) is 17.8 Å². The molecule has 0 aliphatic carbocycles. The van der Waals surface area contributed by atoms with Gasteiger partial charge in [0.15, 0.2) is 5.78 Å². The number of hydrogen-bond acceptors (Lipinski definition) is 3. The standard InChI is InChI=1S/C14H19NOS/c1-10-4-3-5-11(2)12(10)8-14(16)13-9-17-7-6-15-13/h3-5,13,15H,6-9H2,1-2H3.